The zero-order valence-corrected chi connectivity index (χ0v) is 19.5. The van der Waals surface area contributed by atoms with Crippen LogP contribution in [0.25, 0.3) is 0 Å². The first kappa shape index (κ1) is 22.3. The lowest BCUT2D eigenvalue weighted by Gasteiger charge is -2.39. The number of rotatable bonds is 7. The Morgan fingerprint density at radius 2 is 1.69 bits per heavy atom. The van der Waals surface area contributed by atoms with Crippen molar-refractivity contribution < 1.29 is 19.0 Å². The van der Waals surface area contributed by atoms with Crippen molar-refractivity contribution in [2.45, 2.75) is 12.8 Å². The minimum absolute atomic E-state index is 0.146. The molecule has 1 aliphatic heterocycles. The van der Waals surface area contributed by atoms with E-state index in [0.29, 0.717) is 35.1 Å². The van der Waals surface area contributed by atoms with Crippen molar-refractivity contribution in [2.75, 3.05) is 24.4 Å². The third-order valence-corrected chi connectivity index (χ3v) is 5.89. The molecule has 1 atom stereocenters. The molecular weight excluding hydrogens is 442 g/mol. The Labute approximate surface area is 203 Å². The molecule has 0 radical (unpaired) electrons. The third-order valence-electron chi connectivity index (χ3n) is 5.89. The number of nitrogens with one attached hydrogen (secondary N) is 1. The van der Waals surface area contributed by atoms with Crippen molar-refractivity contribution in [1.82, 2.24) is 4.98 Å². The Hall–Kier alpha value is -4.52. The zero-order chi connectivity index (χ0) is 24.2. The summed E-state index contributed by atoms with van der Waals surface area (Å²) >= 11 is 0. The molecule has 2 heterocycles. The normalized spacial score (nSPS) is 14.6. The molecule has 0 aliphatic carbocycles. The number of ether oxygens (including phenoxy) is 3. The molecule has 7 nitrogen and oxygen atoms in total. The summed E-state index contributed by atoms with van der Waals surface area (Å²) in [6.07, 6.45) is 1.19. The van der Waals surface area contributed by atoms with E-state index in [1.165, 1.54) is 0 Å². The van der Waals surface area contributed by atoms with Gasteiger partial charge in [-0.25, -0.2) is 0 Å². The topological polar surface area (TPSA) is 72.9 Å². The second kappa shape index (κ2) is 9.77. The van der Waals surface area contributed by atoms with Gasteiger partial charge in [0.2, 0.25) is 0 Å². The van der Waals surface area contributed by atoms with Crippen LogP contribution in [0.15, 0.2) is 91.1 Å². The standard InChI is InChI=1S/C28H25N3O4/c1-33-20-14-15-24(26(17-20)34-2)31-27(30-23-12-5-3-10-21(23)28(31)32)22-11-4-6-13-25(22)35-18-19-9-7-8-16-29-19/h3-17,27,30H,18H2,1-2H3/t27-/m0/s1. The molecule has 0 bridgehead atoms. The van der Waals surface area contributed by atoms with Gasteiger partial charge in [0.1, 0.15) is 30.0 Å². The Kier molecular flexibility index (Phi) is 6.22. The highest BCUT2D eigenvalue weighted by atomic mass is 16.5. The summed E-state index contributed by atoms with van der Waals surface area (Å²) in [5.41, 5.74) is 3.57. The number of aromatic nitrogens is 1. The van der Waals surface area contributed by atoms with Crippen molar-refractivity contribution in [2.24, 2.45) is 0 Å². The molecule has 0 saturated heterocycles. The summed E-state index contributed by atoms with van der Waals surface area (Å²) in [7, 11) is 3.17. The highest BCUT2D eigenvalue weighted by Gasteiger charge is 2.37. The lowest BCUT2D eigenvalue weighted by Crippen LogP contribution is -2.43. The Morgan fingerprint density at radius 3 is 2.49 bits per heavy atom. The number of fused-ring (bicyclic) bond motifs is 1. The van der Waals surface area contributed by atoms with Crippen molar-refractivity contribution in [1.29, 1.82) is 0 Å². The summed E-state index contributed by atoms with van der Waals surface area (Å²) in [6.45, 7) is 0.307. The van der Waals surface area contributed by atoms with E-state index in [0.717, 1.165) is 16.9 Å². The van der Waals surface area contributed by atoms with Gasteiger partial charge in [0.15, 0.2) is 0 Å². The summed E-state index contributed by atoms with van der Waals surface area (Å²) in [6, 6.07) is 26.3. The van der Waals surface area contributed by atoms with Gasteiger partial charge in [-0.05, 0) is 42.5 Å². The van der Waals surface area contributed by atoms with E-state index < -0.39 is 6.17 Å². The number of amides is 1. The predicted molar refractivity (Wildman–Crippen MR) is 134 cm³/mol. The van der Waals surface area contributed by atoms with Crippen molar-refractivity contribution in [3.63, 3.8) is 0 Å². The Bertz CT molecular complexity index is 1340. The summed E-state index contributed by atoms with van der Waals surface area (Å²) < 4.78 is 17.2. The SMILES string of the molecule is COc1ccc(N2C(=O)c3ccccc3N[C@@H]2c2ccccc2OCc2ccccn2)c(OC)c1. The lowest BCUT2D eigenvalue weighted by molar-refractivity contribution is 0.0973. The van der Waals surface area contributed by atoms with Crippen molar-refractivity contribution in [3.8, 4) is 17.2 Å². The van der Waals surface area contributed by atoms with Crippen LogP contribution in [0.1, 0.15) is 27.8 Å². The molecule has 0 saturated carbocycles. The van der Waals surface area contributed by atoms with Gasteiger partial charge in [-0.1, -0.05) is 36.4 Å². The summed E-state index contributed by atoms with van der Waals surface area (Å²) in [5, 5.41) is 3.53. The third kappa shape index (κ3) is 4.36. The van der Waals surface area contributed by atoms with Crippen LogP contribution in [0.4, 0.5) is 11.4 Å². The van der Waals surface area contributed by atoms with Crippen LogP contribution in [0, 0.1) is 0 Å². The van der Waals surface area contributed by atoms with Crippen LogP contribution in [-0.4, -0.2) is 25.1 Å². The van der Waals surface area contributed by atoms with Gasteiger partial charge in [0.25, 0.3) is 5.91 Å². The quantitative estimate of drug-likeness (QED) is 0.390. The average molecular weight is 468 g/mol. The molecule has 176 valence electrons. The molecule has 5 rings (SSSR count). The fourth-order valence-electron chi connectivity index (χ4n) is 4.18. The van der Waals surface area contributed by atoms with Crippen LogP contribution in [0.5, 0.6) is 17.2 Å². The number of carbonyl (C=O) groups is 1. The molecule has 0 spiro atoms. The highest BCUT2D eigenvalue weighted by Crippen LogP contribution is 2.43. The minimum atomic E-state index is -0.542. The van der Waals surface area contributed by atoms with Gasteiger partial charge in [-0.2, -0.15) is 0 Å². The lowest BCUT2D eigenvalue weighted by atomic mass is 10.0. The van der Waals surface area contributed by atoms with E-state index in [-0.39, 0.29) is 5.91 Å². The molecule has 35 heavy (non-hydrogen) atoms. The molecule has 0 fully saturated rings. The molecular formula is C28H25N3O4. The number of carbonyl (C=O) groups excluding carboxylic acids is 1. The molecule has 4 aromatic rings. The van der Waals surface area contributed by atoms with Gasteiger partial charge in [-0.3, -0.25) is 14.7 Å². The maximum absolute atomic E-state index is 13.9. The molecule has 7 heteroatoms. The monoisotopic (exact) mass is 467 g/mol. The fourth-order valence-corrected chi connectivity index (χ4v) is 4.18. The molecule has 1 aromatic heterocycles. The first-order valence-electron chi connectivity index (χ1n) is 11.2. The number of hydrogen-bond acceptors (Lipinski definition) is 6. The van der Waals surface area contributed by atoms with Gasteiger partial charge in [0, 0.05) is 23.5 Å². The maximum atomic E-state index is 13.9. The molecule has 1 N–H and O–H groups in total. The number of para-hydroxylation sites is 2. The number of anilines is 2. The zero-order valence-electron chi connectivity index (χ0n) is 19.5. The molecule has 0 unspecified atom stereocenters. The van der Waals surface area contributed by atoms with Crippen LogP contribution in [0.3, 0.4) is 0 Å². The van der Waals surface area contributed by atoms with Gasteiger partial charge >= 0.3 is 0 Å². The van der Waals surface area contributed by atoms with E-state index >= 15 is 0 Å². The first-order valence-corrected chi connectivity index (χ1v) is 11.2. The minimum Gasteiger partial charge on any atom is -0.497 e. The summed E-state index contributed by atoms with van der Waals surface area (Å²) in [4.78, 5) is 19.9. The Balaban J connectivity index is 1.60. The average Bonchev–Trinajstić information content (AvgIpc) is 2.92. The van der Waals surface area contributed by atoms with E-state index in [9.17, 15) is 4.79 Å². The van der Waals surface area contributed by atoms with Gasteiger partial charge in [0.05, 0.1) is 31.2 Å². The smallest absolute Gasteiger partial charge is 0.262 e. The fraction of sp³-hybridized carbons (Fsp3) is 0.143. The second-order valence-electron chi connectivity index (χ2n) is 7.95. The van der Waals surface area contributed by atoms with Crippen molar-refractivity contribution >= 4 is 17.3 Å². The van der Waals surface area contributed by atoms with E-state index in [4.69, 9.17) is 14.2 Å². The number of hydrogen-bond donors (Lipinski definition) is 1. The van der Waals surface area contributed by atoms with Crippen LogP contribution in [0.2, 0.25) is 0 Å². The molecule has 3 aromatic carbocycles. The van der Waals surface area contributed by atoms with Crippen molar-refractivity contribution in [3.05, 3.63) is 108 Å². The van der Waals surface area contributed by atoms with Crippen LogP contribution < -0.4 is 24.4 Å². The van der Waals surface area contributed by atoms with Gasteiger partial charge in [-0.15, -0.1) is 0 Å². The van der Waals surface area contributed by atoms with Crippen LogP contribution in [-0.2, 0) is 6.61 Å². The second-order valence-corrected chi connectivity index (χ2v) is 7.95. The van der Waals surface area contributed by atoms with E-state index in [2.05, 4.69) is 10.3 Å². The first-order chi connectivity index (χ1) is 17.2. The Morgan fingerprint density at radius 1 is 0.886 bits per heavy atom. The molecule has 1 amide bonds. The maximum Gasteiger partial charge on any atom is 0.262 e. The summed E-state index contributed by atoms with van der Waals surface area (Å²) in [5.74, 6) is 1.67. The highest BCUT2D eigenvalue weighted by molar-refractivity contribution is 6.12. The van der Waals surface area contributed by atoms with E-state index in [1.807, 2.05) is 78.9 Å². The van der Waals surface area contributed by atoms with E-state index in [1.54, 1.807) is 31.4 Å². The largest absolute Gasteiger partial charge is 0.497 e. The number of nitrogens with zero attached hydrogens (tertiary/aromatic N) is 2. The predicted octanol–water partition coefficient (Wildman–Crippen LogP) is 5.45. The number of pyridine rings is 1. The molecule has 1 aliphatic rings. The van der Waals surface area contributed by atoms with Gasteiger partial charge < -0.3 is 19.5 Å². The van der Waals surface area contributed by atoms with Crippen LogP contribution >= 0.6 is 0 Å². The number of methoxy groups -OCH3 is 2. The number of benzene rings is 3.